The molecule has 1 aromatic heterocycles. The molecule has 1 fully saturated rings. The van der Waals surface area contributed by atoms with Crippen LogP contribution in [-0.2, 0) is 9.53 Å². The number of amides is 2. The van der Waals surface area contributed by atoms with Gasteiger partial charge in [-0.25, -0.2) is 4.79 Å². The van der Waals surface area contributed by atoms with Gasteiger partial charge in [-0.15, -0.1) is 0 Å². The fourth-order valence-corrected chi connectivity index (χ4v) is 4.52. The maximum absolute atomic E-state index is 13.1. The molecule has 10 heteroatoms. The zero-order valence-electron chi connectivity index (χ0n) is 20.4. The van der Waals surface area contributed by atoms with Crippen LogP contribution in [0.25, 0.3) is 17.4 Å². The van der Waals surface area contributed by atoms with E-state index in [1.54, 1.807) is 55.5 Å². The zero-order chi connectivity index (χ0) is 26.8. The molecule has 3 aromatic rings. The zero-order valence-corrected chi connectivity index (χ0v) is 21.2. The highest BCUT2D eigenvalue weighted by molar-refractivity contribution is 6.34. The van der Waals surface area contributed by atoms with Crippen LogP contribution >= 0.6 is 11.6 Å². The van der Waals surface area contributed by atoms with Gasteiger partial charge in [-0.3, -0.25) is 9.59 Å². The van der Waals surface area contributed by atoms with Crippen LogP contribution in [0.4, 0.5) is 5.69 Å². The number of aromatic carboxylic acids is 1. The number of rotatable bonds is 6. The molecule has 2 amide bonds. The Bertz CT molecular complexity index is 1490. The van der Waals surface area contributed by atoms with E-state index in [-0.39, 0.29) is 17.5 Å². The summed E-state index contributed by atoms with van der Waals surface area (Å²) in [7, 11) is 0. The van der Waals surface area contributed by atoms with Crippen molar-refractivity contribution < 1.29 is 28.6 Å². The van der Waals surface area contributed by atoms with Crippen molar-refractivity contribution in [3.63, 3.8) is 0 Å². The second-order valence-corrected chi connectivity index (χ2v) is 9.38. The molecule has 0 bridgehead atoms. The lowest BCUT2D eigenvalue weighted by molar-refractivity contribution is -0.114. The number of benzene rings is 2. The normalized spacial score (nSPS) is 17.1. The first-order chi connectivity index (χ1) is 18.3. The van der Waals surface area contributed by atoms with Gasteiger partial charge < -0.3 is 19.6 Å². The average Bonchev–Trinajstić information content (AvgIpc) is 3.50. The number of carbonyl (C=O) groups excluding carboxylic acids is 2. The SMILES string of the molecule is CC1=NN(c2cccc(C(=O)O)c2)C(=O)/C1=C/c1ccc(-c2ccc(Cl)c(C(=O)NC3CCOCC3)c2)o1. The Morgan fingerprint density at radius 2 is 1.92 bits per heavy atom. The van der Waals surface area contributed by atoms with E-state index in [4.69, 9.17) is 20.8 Å². The third kappa shape index (κ3) is 5.25. The van der Waals surface area contributed by atoms with Crippen LogP contribution in [0.1, 0.15) is 46.2 Å². The highest BCUT2D eigenvalue weighted by Crippen LogP contribution is 2.30. The Kier molecular flexibility index (Phi) is 7.13. The van der Waals surface area contributed by atoms with Gasteiger partial charge >= 0.3 is 5.97 Å². The topological polar surface area (TPSA) is 121 Å². The number of anilines is 1. The number of hydrogen-bond acceptors (Lipinski definition) is 6. The summed E-state index contributed by atoms with van der Waals surface area (Å²) in [6.07, 6.45) is 3.09. The number of hydrogen-bond donors (Lipinski definition) is 2. The van der Waals surface area contributed by atoms with Crippen molar-refractivity contribution in [2.45, 2.75) is 25.8 Å². The van der Waals surface area contributed by atoms with Gasteiger partial charge in [-0.2, -0.15) is 10.1 Å². The van der Waals surface area contributed by atoms with Crippen LogP contribution in [0.2, 0.25) is 5.02 Å². The van der Waals surface area contributed by atoms with Crippen LogP contribution in [0, 0.1) is 0 Å². The molecule has 0 spiro atoms. The summed E-state index contributed by atoms with van der Waals surface area (Å²) in [5.74, 6) is -0.832. The van der Waals surface area contributed by atoms with Crippen LogP contribution in [0.3, 0.4) is 0 Å². The number of halogens is 1. The van der Waals surface area contributed by atoms with Gasteiger partial charge in [0.25, 0.3) is 11.8 Å². The Labute approximate surface area is 223 Å². The number of carboxylic acid groups (broad SMARTS) is 1. The summed E-state index contributed by atoms with van der Waals surface area (Å²) in [5, 5.41) is 18.1. The minimum atomic E-state index is -1.09. The summed E-state index contributed by atoms with van der Waals surface area (Å²) in [4.78, 5) is 37.3. The number of carbonyl (C=O) groups is 3. The first-order valence-corrected chi connectivity index (χ1v) is 12.4. The molecule has 2 N–H and O–H groups in total. The molecule has 9 nitrogen and oxygen atoms in total. The quantitative estimate of drug-likeness (QED) is 0.429. The van der Waals surface area contributed by atoms with Crippen molar-refractivity contribution in [3.8, 4) is 11.3 Å². The summed E-state index contributed by atoms with van der Waals surface area (Å²) in [5.41, 5.74) is 2.20. The molecule has 0 aliphatic carbocycles. The fraction of sp³-hybridized carbons (Fsp3) is 0.214. The highest BCUT2D eigenvalue weighted by atomic mass is 35.5. The van der Waals surface area contributed by atoms with E-state index < -0.39 is 11.9 Å². The van der Waals surface area contributed by atoms with E-state index in [2.05, 4.69) is 10.4 Å². The monoisotopic (exact) mass is 533 g/mol. The van der Waals surface area contributed by atoms with E-state index in [0.717, 1.165) is 12.8 Å². The minimum Gasteiger partial charge on any atom is -0.478 e. The molecule has 0 saturated carbocycles. The fourth-order valence-electron chi connectivity index (χ4n) is 4.32. The first kappa shape index (κ1) is 25.4. The molecule has 5 rings (SSSR count). The lowest BCUT2D eigenvalue weighted by Gasteiger charge is -2.23. The molecule has 1 saturated heterocycles. The summed E-state index contributed by atoms with van der Waals surface area (Å²) in [6, 6.07) is 14.6. The van der Waals surface area contributed by atoms with Gasteiger partial charge in [0, 0.05) is 24.8 Å². The predicted octanol–water partition coefficient (Wildman–Crippen LogP) is 5.01. The third-order valence-electron chi connectivity index (χ3n) is 6.37. The highest BCUT2D eigenvalue weighted by Gasteiger charge is 2.29. The first-order valence-electron chi connectivity index (χ1n) is 12.0. The molecule has 2 aromatic carbocycles. The maximum Gasteiger partial charge on any atom is 0.335 e. The predicted molar refractivity (Wildman–Crippen MR) is 142 cm³/mol. The summed E-state index contributed by atoms with van der Waals surface area (Å²) in [6.45, 7) is 2.92. The van der Waals surface area contributed by atoms with Crippen molar-refractivity contribution in [2.24, 2.45) is 5.10 Å². The van der Waals surface area contributed by atoms with Gasteiger partial charge in [0.1, 0.15) is 11.5 Å². The Balaban J connectivity index is 1.35. The van der Waals surface area contributed by atoms with E-state index in [0.29, 0.717) is 57.9 Å². The van der Waals surface area contributed by atoms with Crippen LogP contribution in [0.15, 0.2) is 69.7 Å². The van der Waals surface area contributed by atoms with Crippen molar-refractivity contribution in [1.82, 2.24) is 5.32 Å². The minimum absolute atomic E-state index is 0.0397. The molecule has 0 unspecified atom stereocenters. The van der Waals surface area contributed by atoms with Crippen LogP contribution in [0.5, 0.6) is 0 Å². The number of carboxylic acids is 1. The van der Waals surface area contributed by atoms with E-state index >= 15 is 0 Å². The molecular weight excluding hydrogens is 510 g/mol. The van der Waals surface area contributed by atoms with E-state index in [1.807, 2.05) is 0 Å². The number of hydrazone groups is 1. The molecule has 2 aliphatic heterocycles. The Hall–Kier alpha value is -4.21. The summed E-state index contributed by atoms with van der Waals surface area (Å²) >= 11 is 6.32. The maximum atomic E-state index is 13.1. The molecule has 0 radical (unpaired) electrons. The Morgan fingerprint density at radius 1 is 1.13 bits per heavy atom. The third-order valence-corrected chi connectivity index (χ3v) is 6.70. The Morgan fingerprint density at radius 3 is 2.68 bits per heavy atom. The van der Waals surface area contributed by atoms with Crippen molar-refractivity contribution >= 4 is 46.9 Å². The second kappa shape index (κ2) is 10.6. The largest absolute Gasteiger partial charge is 0.478 e. The number of nitrogens with one attached hydrogen (secondary N) is 1. The van der Waals surface area contributed by atoms with Crippen molar-refractivity contribution in [1.29, 1.82) is 0 Å². The lowest BCUT2D eigenvalue weighted by Crippen LogP contribution is -2.39. The molecule has 2 aliphatic rings. The van der Waals surface area contributed by atoms with Gasteiger partial charge in [0.05, 0.1) is 33.1 Å². The van der Waals surface area contributed by atoms with Crippen molar-refractivity contribution in [2.75, 3.05) is 18.2 Å². The van der Waals surface area contributed by atoms with Crippen molar-refractivity contribution in [3.05, 3.63) is 82.1 Å². The van der Waals surface area contributed by atoms with E-state index in [1.165, 1.54) is 17.1 Å². The van der Waals surface area contributed by atoms with Gasteiger partial charge in [0.2, 0.25) is 0 Å². The van der Waals surface area contributed by atoms with Crippen LogP contribution in [-0.4, -0.2) is 47.9 Å². The lowest BCUT2D eigenvalue weighted by atomic mass is 10.1. The molecular formula is C28H24ClN3O6. The van der Waals surface area contributed by atoms with Gasteiger partial charge in [-0.05, 0) is 74.4 Å². The van der Waals surface area contributed by atoms with Gasteiger partial charge in [-0.1, -0.05) is 17.7 Å². The van der Waals surface area contributed by atoms with E-state index in [9.17, 15) is 19.5 Å². The second-order valence-electron chi connectivity index (χ2n) is 8.97. The number of furan rings is 1. The molecule has 194 valence electrons. The number of ether oxygens (including phenoxy) is 1. The molecule has 38 heavy (non-hydrogen) atoms. The smallest absolute Gasteiger partial charge is 0.335 e. The van der Waals surface area contributed by atoms with Gasteiger partial charge in [0.15, 0.2) is 0 Å². The number of nitrogens with zero attached hydrogens (tertiary/aromatic N) is 2. The standard InChI is InChI=1S/C28H24ClN3O6/c1-16-22(27(34)32(31-16)20-4-2-3-18(13-20)28(35)36)15-21-6-8-25(38-21)17-5-7-24(29)23(14-17)26(33)30-19-9-11-37-12-10-19/h2-8,13-15,19H,9-12H2,1H3,(H,30,33)(H,35,36)/b22-15+. The molecule has 3 heterocycles. The van der Waals surface area contributed by atoms with Crippen LogP contribution < -0.4 is 10.3 Å². The average molecular weight is 534 g/mol. The molecule has 0 atom stereocenters. The summed E-state index contributed by atoms with van der Waals surface area (Å²) < 4.78 is 11.3.